The molecule has 130 valence electrons. The fraction of sp³-hybridized carbons (Fsp3) is 0.526. The number of hydrogen-bond acceptors (Lipinski definition) is 3. The predicted octanol–water partition coefficient (Wildman–Crippen LogP) is 1.89. The van der Waals surface area contributed by atoms with E-state index in [2.05, 4.69) is 28.2 Å². The molecule has 0 aliphatic carbocycles. The standard InChI is InChI=1S/C19H28N4O/c1-14-6-9-23(10-7-14)11-8-21-19(24)17(20)12-15-13-22-18-5-3-2-4-16(15)18/h2-5,13-14,17,22H,6-12,20H2,1H3,(H,21,24)/t17-/m0/s1. The third kappa shape index (κ3) is 4.16. The second-order valence-corrected chi connectivity index (χ2v) is 6.99. The molecule has 1 fully saturated rings. The summed E-state index contributed by atoms with van der Waals surface area (Å²) >= 11 is 0. The van der Waals surface area contributed by atoms with Gasteiger partial charge < -0.3 is 20.9 Å². The number of H-pyrrole nitrogens is 1. The lowest BCUT2D eigenvalue weighted by Gasteiger charge is -2.30. The minimum atomic E-state index is -0.509. The van der Waals surface area contributed by atoms with Gasteiger partial charge in [-0.2, -0.15) is 0 Å². The van der Waals surface area contributed by atoms with E-state index in [1.165, 1.54) is 12.8 Å². The zero-order valence-electron chi connectivity index (χ0n) is 14.4. The maximum Gasteiger partial charge on any atom is 0.237 e. The highest BCUT2D eigenvalue weighted by molar-refractivity contribution is 5.86. The number of carbonyl (C=O) groups is 1. The molecule has 0 bridgehead atoms. The largest absolute Gasteiger partial charge is 0.361 e. The summed E-state index contributed by atoms with van der Waals surface area (Å²) in [5.74, 6) is 0.770. The summed E-state index contributed by atoms with van der Waals surface area (Å²) in [4.78, 5) is 17.9. The van der Waals surface area contributed by atoms with E-state index in [-0.39, 0.29) is 5.91 Å². The summed E-state index contributed by atoms with van der Waals surface area (Å²) in [5, 5.41) is 4.13. The van der Waals surface area contributed by atoms with Crippen LogP contribution < -0.4 is 11.1 Å². The first-order valence-corrected chi connectivity index (χ1v) is 8.94. The molecular formula is C19H28N4O. The smallest absolute Gasteiger partial charge is 0.237 e. The summed E-state index contributed by atoms with van der Waals surface area (Å²) < 4.78 is 0. The topological polar surface area (TPSA) is 74.2 Å². The van der Waals surface area contributed by atoms with Gasteiger partial charge in [-0.3, -0.25) is 4.79 Å². The number of benzene rings is 1. The van der Waals surface area contributed by atoms with Gasteiger partial charge in [-0.05, 0) is 49.9 Å². The highest BCUT2D eigenvalue weighted by Crippen LogP contribution is 2.18. The molecule has 1 atom stereocenters. The number of carbonyl (C=O) groups excluding carboxylic acids is 1. The molecule has 0 spiro atoms. The molecule has 3 rings (SSSR count). The molecule has 0 unspecified atom stereocenters. The van der Waals surface area contributed by atoms with Gasteiger partial charge in [0.25, 0.3) is 0 Å². The predicted molar refractivity (Wildman–Crippen MR) is 97.8 cm³/mol. The molecule has 1 amide bonds. The van der Waals surface area contributed by atoms with Gasteiger partial charge in [0.15, 0.2) is 0 Å². The van der Waals surface area contributed by atoms with Crippen molar-refractivity contribution < 1.29 is 4.79 Å². The van der Waals surface area contributed by atoms with Crippen LogP contribution in [0.1, 0.15) is 25.3 Å². The molecule has 24 heavy (non-hydrogen) atoms. The highest BCUT2D eigenvalue weighted by Gasteiger charge is 2.18. The maximum absolute atomic E-state index is 12.2. The molecule has 1 saturated heterocycles. The normalized spacial score (nSPS) is 17.9. The van der Waals surface area contributed by atoms with Crippen LogP contribution in [0.3, 0.4) is 0 Å². The zero-order valence-corrected chi connectivity index (χ0v) is 14.4. The third-order valence-corrected chi connectivity index (χ3v) is 5.06. The number of nitrogens with zero attached hydrogens (tertiary/aromatic N) is 1. The van der Waals surface area contributed by atoms with Crippen molar-refractivity contribution in [2.24, 2.45) is 11.7 Å². The maximum atomic E-state index is 12.2. The minimum absolute atomic E-state index is 0.0642. The SMILES string of the molecule is CC1CCN(CCNC(=O)[C@@H](N)Cc2c[nH]c3ccccc23)CC1. The molecule has 1 aromatic carbocycles. The van der Waals surface area contributed by atoms with Crippen molar-refractivity contribution in [3.05, 3.63) is 36.0 Å². The van der Waals surface area contributed by atoms with E-state index < -0.39 is 6.04 Å². The molecule has 0 saturated carbocycles. The first kappa shape index (κ1) is 17.0. The van der Waals surface area contributed by atoms with Crippen molar-refractivity contribution >= 4 is 16.8 Å². The van der Waals surface area contributed by atoms with Crippen LogP contribution in [-0.4, -0.2) is 48.0 Å². The summed E-state index contributed by atoms with van der Waals surface area (Å²) in [6.45, 7) is 6.17. The van der Waals surface area contributed by atoms with Crippen LogP contribution >= 0.6 is 0 Å². The highest BCUT2D eigenvalue weighted by atomic mass is 16.2. The quantitative estimate of drug-likeness (QED) is 0.758. The number of hydrogen-bond donors (Lipinski definition) is 3. The van der Waals surface area contributed by atoms with Gasteiger partial charge in [-0.1, -0.05) is 25.1 Å². The number of nitrogens with one attached hydrogen (secondary N) is 2. The van der Waals surface area contributed by atoms with E-state index in [4.69, 9.17) is 5.73 Å². The number of fused-ring (bicyclic) bond motifs is 1. The van der Waals surface area contributed by atoms with E-state index in [9.17, 15) is 4.79 Å². The second-order valence-electron chi connectivity index (χ2n) is 6.99. The number of nitrogens with two attached hydrogens (primary N) is 1. The van der Waals surface area contributed by atoms with E-state index in [0.717, 1.165) is 42.0 Å². The number of piperidine rings is 1. The fourth-order valence-corrected chi connectivity index (χ4v) is 3.38. The van der Waals surface area contributed by atoms with Crippen LogP contribution in [0.4, 0.5) is 0 Å². The van der Waals surface area contributed by atoms with Crippen molar-refractivity contribution in [1.29, 1.82) is 0 Å². The van der Waals surface area contributed by atoms with Gasteiger partial charge in [0, 0.05) is 30.2 Å². The summed E-state index contributed by atoms with van der Waals surface area (Å²) in [5.41, 5.74) is 8.28. The van der Waals surface area contributed by atoms with Crippen LogP contribution in [0.25, 0.3) is 10.9 Å². The van der Waals surface area contributed by atoms with Crippen molar-refractivity contribution in [3.8, 4) is 0 Å². The average Bonchev–Trinajstić information content (AvgIpc) is 3.00. The number of amides is 1. The first-order valence-electron chi connectivity index (χ1n) is 8.94. The Hall–Kier alpha value is -1.85. The van der Waals surface area contributed by atoms with Crippen molar-refractivity contribution in [3.63, 3.8) is 0 Å². The van der Waals surface area contributed by atoms with Crippen molar-refractivity contribution in [1.82, 2.24) is 15.2 Å². The Morgan fingerprint density at radius 1 is 1.38 bits per heavy atom. The van der Waals surface area contributed by atoms with Crippen LogP contribution in [0.2, 0.25) is 0 Å². The molecule has 2 aromatic rings. The average molecular weight is 328 g/mol. The van der Waals surface area contributed by atoms with Crippen LogP contribution in [0.5, 0.6) is 0 Å². The molecule has 2 heterocycles. The van der Waals surface area contributed by atoms with Gasteiger partial charge in [0.05, 0.1) is 6.04 Å². The van der Waals surface area contributed by atoms with E-state index in [1.54, 1.807) is 0 Å². The molecular weight excluding hydrogens is 300 g/mol. The number of aromatic amines is 1. The number of para-hydroxylation sites is 1. The lowest BCUT2D eigenvalue weighted by molar-refractivity contribution is -0.122. The second kappa shape index (κ2) is 7.81. The molecule has 4 N–H and O–H groups in total. The van der Waals surface area contributed by atoms with E-state index >= 15 is 0 Å². The molecule has 1 aliphatic rings. The molecule has 5 heteroatoms. The molecule has 0 radical (unpaired) electrons. The van der Waals surface area contributed by atoms with E-state index in [0.29, 0.717) is 13.0 Å². The lowest BCUT2D eigenvalue weighted by atomic mass is 9.99. The summed E-state index contributed by atoms with van der Waals surface area (Å²) in [7, 11) is 0. The monoisotopic (exact) mass is 328 g/mol. The molecule has 1 aliphatic heterocycles. The summed E-state index contributed by atoms with van der Waals surface area (Å²) in [6.07, 6.45) is 5.02. The Kier molecular flexibility index (Phi) is 5.53. The Morgan fingerprint density at radius 2 is 2.12 bits per heavy atom. The lowest BCUT2D eigenvalue weighted by Crippen LogP contribution is -2.45. The number of aromatic nitrogens is 1. The van der Waals surface area contributed by atoms with Crippen LogP contribution in [0, 0.1) is 5.92 Å². The Bertz CT molecular complexity index is 673. The molecule has 1 aromatic heterocycles. The van der Waals surface area contributed by atoms with Crippen LogP contribution in [-0.2, 0) is 11.2 Å². The summed E-state index contributed by atoms with van der Waals surface area (Å²) in [6, 6.07) is 7.58. The zero-order chi connectivity index (χ0) is 16.9. The number of likely N-dealkylation sites (tertiary alicyclic amines) is 1. The Balaban J connectivity index is 1.45. The van der Waals surface area contributed by atoms with Gasteiger partial charge in [0.1, 0.15) is 0 Å². The molecule has 5 nitrogen and oxygen atoms in total. The van der Waals surface area contributed by atoms with Crippen LogP contribution in [0.15, 0.2) is 30.5 Å². The van der Waals surface area contributed by atoms with Gasteiger partial charge in [-0.15, -0.1) is 0 Å². The fourth-order valence-electron chi connectivity index (χ4n) is 3.38. The van der Waals surface area contributed by atoms with Gasteiger partial charge >= 0.3 is 0 Å². The Labute approximate surface area is 143 Å². The number of rotatable bonds is 6. The van der Waals surface area contributed by atoms with Crippen molar-refractivity contribution in [2.45, 2.75) is 32.2 Å². The first-order chi connectivity index (χ1) is 11.6. The van der Waals surface area contributed by atoms with Gasteiger partial charge in [-0.25, -0.2) is 0 Å². The Morgan fingerprint density at radius 3 is 2.92 bits per heavy atom. The van der Waals surface area contributed by atoms with Crippen molar-refractivity contribution in [2.75, 3.05) is 26.2 Å². The van der Waals surface area contributed by atoms with E-state index in [1.807, 2.05) is 24.4 Å². The minimum Gasteiger partial charge on any atom is -0.361 e. The third-order valence-electron chi connectivity index (χ3n) is 5.06. The van der Waals surface area contributed by atoms with Gasteiger partial charge in [0.2, 0.25) is 5.91 Å².